The Bertz CT molecular complexity index is 409. The molecule has 0 unspecified atom stereocenters. The number of hydrogen-bond donors (Lipinski definition) is 1. The van der Waals surface area contributed by atoms with Crippen LogP contribution >= 0.6 is 0 Å². The van der Waals surface area contributed by atoms with Crippen LogP contribution in [0.1, 0.15) is 12.7 Å². The van der Waals surface area contributed by atoms with Gasteiger partial charge in [-0.1, -0.05) is 6.92 Å². The molecule has 68 valence electrons. The lowest BCUT2D eigenvalue weighted by molar-refractivity contribution is 0.615. The van der Waals surface area contributed by atoms with Gasteiger partial charge in [0.05, 0.1) is 0 Å². The van der Waals surface area contributed by atoms with Gasteiger partial charge in [-0.05, 0) is 12.1 Å². The predicted octanol–water partition coefficient (Wildman–Crippen LogP) is 2.40. The van der Waals surface area contributed by atoms with Gasteiger partial charge in [0.2, 0.25) is 0 Å². The van der Waals surface area contributed by atoms with Gasteiger partial charge >= 0.3 is 0 Å². The Morgan fingerprint density at radius 2 is 2.00 bits per heavy atom. The fraction of sp³-hybridized carbons (Fsp3) is 0.222. The zero-order valence-electron chi connectivity index (χ0n) is 7.06. The predicted molar refractivity (Wildman–Crippen MR) is 45.4 cm³/mol. The maximum absolute atomic E-state index is 13.1. The molecule has 1 aromatic carbocycles. The second-order valence-corrected chi connectivity index (χ2v) is 2.79. The second kappa shape index (κ2) is 2.80. The van der Waals surface area contributed by atoms with Crippen molar-refractivity contribution in [3.05, 3.63) is 29.6 Å². The van der Waals surface area contributed by atoms with Crippen molar-refractivity contribution >= 4 is 11.0 Å². The summed E-state index contributed by atoms with van der Waals surface area (Å²) in [5.74, 6) is -0.366. The first-order valence-corrected chi connectivity index (χ1v) is 4.05. The van der Waals surface area contributed by atoms with Gasteiger partial charge in [-0.25, -0.2) is 13.8 Å². The third-order valence-electron chi connectivity index (χ3n) is 1.93. The smallest absolute Gasteiger partial charge is 0.151 e. The third-order valence-corrected chi connectivity index (χ3v) is 1.93. The summed E-state index contributed by atoms with van der Waals surface area (Å²) >= 11 is 0. The summed E-state index contributed by atoms with van der Waals surface area (Å²) in [5.41, 5.74) is 0.230. The number of halogens is 2. The highest BCUT2D eigenvalue weighted by molar-refractivity contribution is 5.76. The highest BCUT2D eigenvalue weighted by Gasteiger charge is 2.10. The van der Waals surface area contributed by atoms with Gasteiger partial charge in [0, 0.05) is 6.42 Å². The molecule has 0 spiro atoms. The molecule has 1 aromatic heterocycles. The standard InChI is InChI=1S/C9H8F2N2/c1-2-7-12-8-5(10)3-4-6(11)9(8)13-7/h3-4H,2H2,1H3,(H,12,13). The molecule has 0 atom stereocenters. The fourth-order valence-corrected chi connectivity index (χ4v) is 1.24. The molecule has 1 heterocycles. The number of aromatic nitrogens is 2. The topological polar surface area (TPSA) is 28.7 Å². The summed E-state index contributed by atoms with van der Waals surface area (Å²) < 4.78 is 26.1. The van der Waals surface area contributed by atoms with Crippen molar-refractivity contribution in [2.45, 2.75) is 13.3 Å². The number of rotatable bonds is 1. The molecule has 2 nitrogen and oxygen atoms in total. The van der Waals surface area contributed by atoms with Crippen molar-refractivity contribution in [3.63, 3.8) is 0 Å². The number of aromatic amines is 1. The number of imidazole rings is 1. The molecule has 2 rings (SSSR count). The quantitative estimate of drug-likeness (QED) is 0.720. The average Bonchev–Trinajstić information content (AvgIpc) is 2.56. The summed E-state index contributed by atoms with van der Waals surface area (Å²) in [4.78, 5) is 6.65. The maximum atomic E-state index is 13.1. The van der Waals surface area contributed by atoms with Gasteiger partial charge in [-0.15, -0.1) is 0 Å². The molecule has 0 saturated carbocycles. The van der Waals surface area contributed by atoms with Gasteiger partial charge in [0.15, 0.2) is 5.82 Å². The van der Waals surface area contributed by atoms with E-state index in [2.05, 4.69) is 9.97 Å². The van der Waals surface area contributed by atoms with Crippen molar-refractivity contribution in [1.82, 2.24) is 9.97 Å². The normalized spacial score (nSPS) is 11.0. The molecule has 4 heteroatoms. The SMILES string of the molecule is CCc1nc2c(F)ccc(F)c2[nH]1. The zero-order valence-corrected chi connectivity index (χ0v) is 7.06. The summed E-state index contributed by atoms with van der Waals surface area (Å²) in [6, 6.07) is 2.17. The molecule has 0 aliphatic rings. The van der Waals surface area contributed by atoms with Crippen molar-refractivity contribution in [2.24, 2.45) is 0 Å². The molecule has 0 aliphatic heterocycles. The monoisotopic (exact) mass is 182 g/mol. The molecule has 0 radical (unpaired) electrons. The molecular formula is C9H8F2N2. The van der Waals surface area contributed by atoms with Crippen molar-refractivity contribution in [1.29, 1.82) is 0 Å². The van der Waals surface area contributed by atoms with Crippen LogP contribution in [0.15, 0.2) is 12.1 Å². The minimum absolute atomic E-state index is 0.0804. The minimum Gasteiger partial charge on any atom is -0.339 e. The summed E-state index contributed by atoms with van der Waals surface area (Å²) in [6.07, 6.45) is 0.633. The van der Waals surface area contributed by atoms with Gasteiger partial charge in [-0.3, -0.25) is 0 Å². The summed E-state index contributed by atoms with van der Waals surface area (Å²) in [7, 11) is 0. The van der Waals surface area contributed by atoms with E-state index in [4.69, 9.17) is 0 Å². The Balaban J connectivity index is 2.80. The Hall–Kier alpha value is -1.45. The highest BCUT2D eigenvalue weighted by atomic mass is 19.1. The minimum atomic E-state index is -0.493. The number of nitrogens with one attached hydrogen (secondary N) is 1. The van der Waals surface area contributed by atoms with Crippen LogP contribution in [-0.2, 0) is 6.42 Å². The van der Waals surface area contributed by atoms with Gasteiger partial charge in [0.25, 0.3) is 0 Å². The number of hydrogen-bond acceptors (Lipinski definition) is 1. The Kier molecular flexibility index (Phi) is 1.76. The lowest BCUT2D eigenvalue weighted by Gasteiger charge is -1.90. The molecule has 0 fully saturated rings. The van der Waals surface area contributed by atoms with Crippen LogP contribution in [0.3, 0.4) is 0 Å². The van der Waals surface area contributed by atoms with E-state index < -0.39 is 11.6 Å². The molecular weight excluding hydrogens is 174 g/mol. The number of fused-ring (bicyclic) bond motifs is 1. The van der Waals surface area contributed by atoms with Gasteiger partial charge < -0.3 is 4.98 Å². The van der Waals surface area contributed by atoms with Gasteiger partial charge in [0.1, 0.15) is 22.7 Å². The fourth-order valence-electron chi connectivity index (χ4n) is 1.24. The lowest BCUT2D eigenvalue weighted by atomic mass is 10.3. The molecule has 2 aromatic rings. The number of nitrogens with zero attached hydrogens (tertiary/aromatic N) is 1. The second-order valence-electron chi connectivity index (χ2n) is 2.79. The van der Waals surface area contributed by atoms with E-state index in [0.717, 1.165) is 12.1 Å². The van der Waals surface area contributed by atoms with Crippen LogP contribution in [0.25, 0.3) is 11.0 Å². The maximum Gasteiger partial charge on any atom is 0.151 e. The molecule has 0 saturated heterocycles. The van der Waals surface area contributed by atoms with E-state index in [9.17, 15) is 8.78 Å². The highest BCUT2D eigenvalue weighted by Crippen LogP contribution is 2.18. The van der Waals surface area contributed by atoms with E-state index >= 15 is 0 Å². The summed E-state index contributed by atoms with van der Waals surface area (Å²) in [6.45, 7) is 1.87. The van der Waals surface area contributed by atoms with E-state index in [-0.39, 0.29) is 11.0 Å². The largest absolute Gasteiger partial charge is 0.339 e. The first-order chi connectivity index (χ1) is 6.22. The Labute approximate surface area is 73.6 Å². The first kappa shape index (κ1) is 8.16. The van der Waals surface area contributed by atoms with Crippen molar-refractivity contribution in [2.75, 3.05) is 0 Å². The lowest BCUT2D eigenvalue weighted by Crippen LogP contribution is -1.81. The van der Waals surface area contributed by atoms with Crippen molar-refractivity contribution in [3.8, 4) is 0 Å². The Morgan fingerprint density at radius 3 is 2.62 bits per heavy atom. The van der Waals surface area contributed by atoms with E-state index in [1.807, 2.05) is 6.92 Å². The number of aryl methyl sites for hydroxylation is 1. The number of H-pyrrole nitrogens is 1. The van der Waals surface area contributed by atoms with Gasteiger partial charge in [-0.2, -0.15) is 0 Å². The Morgan fingerprint density at radius 1 is 1.31 bits per heavy atom. The van der Waals surface area contributed by atoms with Crippen LogP contribution < -0.4 is 0 Å². The first-order valence-electron chi connectivity index (χ1n) is 4.05. The molecule has 0 bridgehead atoms. The average molecular weight is 182 g/mol. The third kappa shape index (κ3) is 1.18. The van der Waals surface area contributed by atoms with Crippen LogP contribution in [0.4, 0.5) is 8.78 Å². The van der Waals surface area contributed by atoms with Crippen LogP contribution in [-0.4, -0.2) is 9.97 Å². The summed E-state index contributed by atoms with van der Waals surface area (Å²) in [5, 5.41) is 0. The van der Waals surface area contributed by atoms with E-state index in [1.54, 1.807) is 0 Å². The molecule has 13 heavy (non-hydrogen) atoms. The van der Waals surface area contributed by atoms with E-state index in [0.29, 0.717) is 12.2 Å². The number of benzene rings is 1. The van der Waals surface area contributed by atoms with Crippen LogP contribution in [0.5, 0.6) is 0 Å². The van der Waals surface area contributed by atoms with Crippen LogP contribution in [0, 0.1) is 11.6 Å². The van der Waals surface area contributed by atoms with E-state index in [1.165, 1.54) is 0 Å². The zero-order chi connectivity index (χ0) is 9.42. The molecule has 1 N–H and O–H groups in total. The molecule has 0 aliphatic carbocycles. The van der Waals surface area contributed by atoms with Crippen LogP contribution in [0.2, 0.25) is 0 Å². The van der Waals surface area contributed by atoms with Crippen molar-refractivity contribution < 1.29 is 8.78 Å². The molecule has 0 amide bonds.